The first kappa shape index (κ1) is 11.0. The fourth-order valence-electron chi connectivity index (χ4n) is 1.16. The van der Waals surface area contributed by atoms with Gasteiger partial charge in [0.1, 0.15) is 0 Å². The molecule has 0 saturated carbocycles. The van der Waals surface area contributed by atoms with Gasteiger partial charge in [0.15, 0.2) is 6.61 Å². The molecule has 0 aliphatic rings. The van der Waals surface area contributed by atoms with Crippen LogP contribution in [-0.4, -0.2) is 37.9 Å². The van der Waals surface area contributed by atoms with Crippen LogP contribution in [0.2, 0.25) is 0 Å². The van der Waals surface area contributed by atoms with E-state index in [2.05, 4.69) is 25.8 Å². The molecule has 0 amide bonds. The highest BCUT2D eigenvalue weighted by Gasteiger charge is 2.07. The Bertz CT molecular complexity index is 498. The molecule has 1 aromatic carbocycles. The van der Waals surface area contributed by atoms with Gasteiger partial charge in [-0.15, -0.1) is 0 Å². The maximum Gasteiger partial charge on any atom is 0.332 e. The van der Waals surface area contributed by atoms with Crippen molar-refractivity contribution in [3.63, 3.8) is 0 Å². The molecule has 0 aliphatic heterocycles. The van der Waals surface area contributed by atoms with Crippen molar-refractivity contribution in [2.24, 2.45) is 0 Å². The number of anilines is 1. The number of nitrogens with one attached hydrogen (secondary N) is 1. The number of nitrogens with zero attached hydrogens (tertiary/aromatic N) is 4. The first-order valence-electron chi connectivity index (χ1n) is 4.71. The molecular formula is C9H9N5O3. The van der Waals surface area contributed by atoms with Gasteiger partial charge in [0.05, 0.1) is 5.69 Å². The average molecular weight is 235 g/mol. The normalized spacial score (nSPS) is 10.1. The molecule has 0 aliphatic carbocycles. The zero-order chi connectivity index (χ0) is 12.1. The second-order valence-electron chi connectivity index (χ2n) is 3.03. The molecule has 2 rings (SSSR count). The summed E-state index contributed by atoms with van der Waals surface area (Å²) in [4.78, 5) is 14.9. The second kappa shape index (κ2) is 5.03. The third kappa shape index (κ3) is 2.75. The molecular weight excluding hydrogens is 226 g/mol. The largest absolute Gasteiger partial charge is 0.479 e. The number of para-hydroxylation sites is 1. The van der Waals surface area contributed by atoms with Crippen LogP contribution in [0.3, 0.4) is 0 Å². The van der Waals surface area contributed by atoms with Crippen molar-refractivity contribution in [2.75, 3.05) is 12.1 Å². The lowest BCUT2D eigenvalue weighted by Crippen LogP contribution is -2.14. The van der Waals surface area contributed by atoms with E-state index >= 15 is 0 Å². The Morgan fingerprint density at radius 1 is 1.41 bits per heavy atom. The molecule has 1 aromatic heterocycles. The summed E-state index contributed by atoms with van der Waals surface area (Å²) in [5, 5.41) is 19.3. The van der Waals surface area contributed by atoms with Crippen molar-refractivity contribution >= 4 is 11.9 Å². The summed E-state index contributed by atoms with van der Waals surface area (Å²) >= 11 is 0. The highest BCUT2D eigenvalue weighted by Crippen LogP contribution is 2.09. The second-order valence-corrected chi connectivity index (χ2v) is 3.03. The van der Waals surface area contributed by atoms with Crippen LogP contribution in [0.25, 0.3) is 5.69 Å². The molecule has 0 atom stereocenters. The number of aliphatic carboxylic acids is 1. The lowest BCUT2D eigenvalue weighted by Gasteiger charge is -2.05. The first-order valence-corrected chi connectivity index (χ1v) is 4.71. The number of carboxylic acids is 1. The Morgan fingerprint density at radius 3 is 2.88 bits per heavy atom. The Labute approximate surface area is 95.8 Å². The number of hydrogen-bond acceptors (Lipinski definition) is 6. The summed E-state index contributed by atoms with van der Waals surface area (Å²) in [6.45, 7) is -0.484. The molecule has 0 unspecified atom stereocenters. The molecule has 8 heteroatoms. The monoisotopic (exact) mass is 235 g/mol. The van der Waals surface area contributed by atoms with Crippen molar-refractivity contribution in [1.29, 1.82) is 0 Å². The Balaban J connectivity index is 2.10. The van der Waals surface area contributed by atoms with Crippen LogP contribution in [0.15, 0.2) is 30.3 Å². The molecule has 1 heterocycles. The van der Waals surface area contributed by atoms with Gasteiger partial charge in [0.25, 0.3) is 5.95 Å². The van der Waals surface area contributed by atoms with Crippen molar-refractivity contribution in [2.45, 2.75) is 0 Å². The van der Waals surface area contributed by atoms with E-state index in [1.165, 1.54) is 4.68 Å². The smallest absolute Gasteiger partial charge is 0.332 e. The van der Waals surface area contributed by atoms with Crippen LogP contribution in [-0.2, 0) is 9.63 Å². The van der Waals surface area contributed by atoms with Gasteiger partial charge in [-0.3, -0.25) is 4.84 Å². The van der Waals surface area contributed by atoms with Gasteiger partial charge in [0, 0.05) is 0 Å². The standard InChI is InChI=1S/C9H9N5O3/c15-8(16)6-17-11-9-10-12-13-14(9)7-4-2-1-3-5-7/h1-5H,6H2,(H,15,16)(H,10,11,13). The van der Waals surface area contributed by atoms with E-state index in [9.17, 15) is 4.79 Å². The SMILES string of the molecule is O=C(O)CONc1nnnn1-c1ccccc1. The van der Waals surface area contributed by atoms with Crippen LogP contribution in [0.4, 0.5) is 5.95 Å². The van der Waals surface area contributed by atoms with Crippen LogP contribution in [0.5, 0.6) is 0 Å². The molecule has 2 aromatic rings. The van der Waals surface area contributed by atoms with Gasteiger partial charge >= 0.3 is 5.97 Å². The van der Waals surface area contributed by atoms with Gasteiger partial charge in [-0.2, -0.15) is 4.68 Å². The minimum Gasteiger partial charge on any atom is -0.479 e. The number of aromatic nitrogens is 4. The summed E-state index contributed by atoms with van der Waals surface area (Å²) in [7, 11) is 0. The van der Waals surface area contributed by atoms with Crippen LogP contribution >= 0.6 is 0 Å². The van der Waals surface area contributed by atoms with E-state index in [4.69, 9.17) is 5.11 Å². The minimum atomic E-state index is -1.09. The lowest BCUT2D eigenvalue weighted by atomic mass is 10.3. The highest BCUT2D eigenvalue weighted by molar-refractivity contribution is 5.68. The Morgan fingerprint density at radius 2 is 2.18 bits per heavy atom. The van der Waals surface area contributed by atoms with Gasteiger partial charge < -0.3 is 5.11 Å². The zero-order valence-corrected chi connectivity index (χ0v) is 8.65. The van der Waals surface area contributed by atoms with Gasteiger partial charge in [-0.25, -0.2) is 10.3 Å². The molecule has 0 spiro atoms. The summed E-state index contributed by atoms with van der Waals surface area (Å²) in [5.74, 6) is -0.881. The summed E-state index contributed by atoms with van der Waals surface area (Å²) in [5.41, 5.74) is 3.10. The predicted molar refractivity (Wildman–Crippen MR) is 56.4 cm³/mol. The summed E-state index contributed by atoms with van der Waals surface area (Å²) in [6.07, 6.45) is 0. The van der Waals surface area contributed by atoms with Crippen LogP contribution in [0.1, 0.15) is 0 Å². The average Bonchev–Trinajstić information content (AvgIpc) is 2.78. The van der Waals surface area contributed by atoms with Crippen molar-refractivity contribution in [3.05, 3.63) is 30.3 Å². The number of carboxylic acid groups (broad SMARTS) is 1. The van der Waals surface area contributed by atoms with E-state index < -0.39 is 12.6 Å². The number of benzene rings is 1. The topological polar surface area (TPSA) is 102 Å². The predicted octanol–water partition coefficient (Wildman–Crippen LogP) is 0.0904. The summed E-state index contributed by atoms with van der Waals surface area (Å²) in [6, 6.07) is 9.14. The molecule has 0 bridgehead atoms. The van der Waals surface area contributed by atoms with E-state index in [-0.39, 0.29) is 5.95 Å². The fraction of sp³-hybridized carbons (Fsp3) is 0.111. The highest BCUT2D eigenvalue weighted by atomic mass is 16.7. The van der Waals surface area contributed by atoms with Crippen molar-refractivity contribution in [1.82, 2.24) is 20.2 Å². The fourth-order valence-corrected chi connectivity index (χ4v) is 1.16. The quantitative estimate of drug-likeness (QED) is 0.708. The van der Waals surface area contributed by atoms with Gasteiger partial charge in [-0.05, 0) is 22.6 Å². The van der Waals surface area contributed by atoms with Crippen molar-refractivity contribution < 1.29 is 14.7 Å². The number of rotatable bonds is 5. The maximum atomic E-state index is 10.3. The number of hydrogen-bond donors (Lipinski definition) is 2. The molecule has 0 radical (unpaired) electrons. The van der Waals surface area contributed by atoms with E-state index in [1.807, 2.05) is 18.2 Å². The van der Waals surface area contributed by atoms with Gasteiger partial charge in [-0.1, -0.05) is 23.3 Å². The first-order chi connectivity index (χ1) is 8.27. The van der Waals surface area contributed by atoms with E-state index in [0.717, 1.165) is 5.69 Å². The van der Waals surface area contributed by atoms with E-state index in [1.54, 1.807) is 12.1 Å². The molecule has 8 nitrogen and oxygen atoms in total. The molecule has 0 fully saturated rings. The molecule has 17 heavy (non-hydrogen) atoms. The Kier molecular flexibility index (Phi) is 3.26. The van der Waals surface area contributed by atoms with Crippen molar-refractivity contribution in [3.8, 4) is 5.69 Å². The number of tetrazole rings is 1. The summed E-state index contributed by atoms with van der Waals surface area (Å²) < 4.78 is 1.39. The van der Waals surface area contributed by atoms with E-state index in [0.29, 0.717) is 0 Å². The lowest BCUT2D eigenvalue weighted by molar-refractivity contribution is -0.141. The number of carbonyl (C=O) groups is 1. The van der Waals surface area contributed by atoms with Gasteiger partial charge in [0.2, 0.25) is 0 Å². The third-order valence-electron chi connectivity index (χ3n) is 1.83. The molecule has 88 valence electrons. The molecule has 0 saturated heterocycles. The minimum absolute atomic E-state index is 0.206. The third-order valence-corrected chi connectivity index (χ3v) is 1.83. The molecule has 2 N–H and O–H groups in total. The zero-order valence-electron chi connectivity index (χ0n) is 8.65. The van der Waals surface area contributed by atoms with Crippen LogP contribution in [0, 0.1) is 0 Å². The maximum absolute atomic E-state index is 10.3. The Hall–Kier alpha value is -2.48. The van der Waals surface area contributed by atoms with Crippen LogP contribution < -0.4 is 5.48 Å².